The Morgan fingerprint density at radius 2 is 1.94 bits per heavy atom. The molecule has 1 aromatic carbocycles. The van der Waals surface area contributed by atoms with E-state index in [1.165, 1.54) is 0 Å². The summed E-state index contributed by atoms with van der Waals surface area (Å²) in [6.45, 7) is 0.0106. The van der Waals surface area contributed by atoms with Crippen molar-refractivity contribution in [1.82, 2.24) is 0 Å². The van der Waals surface area contributed by atoms with Gasteiger partial charge in [-0.05, 0) is 29.9 Å². The summed E-state index contributed by atoms with van der Waals surface area (Å²) in [5, 5.41) is 9.02. The molecular weight excluding hydrogens is 210 g/mol. The average molecular weight is 226 g/mol. The summed E-state index contributed by atoms with van der Waals surface area (Å²) in [4.78, 5) is 0. The van der Waals surface area contributed by atoms with Crippen molar-refractivity contribution in [2.45, 2.75) is 44.1 Å². The van der Waals surface area contributed by atoms with Crippen LogP contribution in [0.5, 0.6) is 0 Å². The van der Waals surface area contributed by atoms with E-state index in [2.05, 4.69) is 0 Å². The maximum absolute atomic E-state index is 13.0. The number of benzene rings is 1. The maximum atomic E-state index is 13.0. The highest BCUT2D eigenvalue weighted by molar-refractivity contribution is 5.26. The van der Waals surface area contributed by atoms with Crippen LogP contribution >= 0.6 is 0 Å². The number of hydrogen-bond donors (Lipinski definition) is 1. The lowest BCUT2D eigenvalue weighted by atomic mass is 9.82. The molecule has 0 unspecified atom stereocenters. The van der Waals surface area contributed by atoms with Crippen LogP contribution in [0.15, 0.2) is 24.3 Å². The van der Waals surface area contributed by atoms with Gasteiger partial charge in [-0.25, -0.2) is 8.78 Å². The fraction of sp³-hybridized carbons (Fsp3) is 0.538. The number of aliphatic hydroxyl groups excluding tert-OH is 1. The molecule has 0 amide bonds. The lowest BCUT2D eigenvalue weighted by Gasteiger charge is -2.28. The van der Waals surface area contributed by atoms with Crippen LogP contribution in [0, 0.1) is 0 Å². The van der Waals surface area contributed by atoms with Gasteiger partial charge in [-0.1, -0.05) is 24.3 Å². The summed E-state index contributed by atoms with van der Waals surface area (Å²) < 4.78 is 26.0. The molecule has 0 aromatic heterocycles. The first kappa shape index (κ1) is 11.5. The summed E-state index contributed by atoms with van der Waals surface area (Å²) >= 11 is 0. The lowest BCUT2D eigenvalue weighted by Crippen LogP contribution is -2.23. The third-order valence-electron chi connectivity index (χ3n) is 3.32. The summed E-state index contributed by atoms with van der Waals surface area (Å²) in [5.41, 5.74) is 1.94. The number of halogens is 2. The molecule has 1 saturated carbocycles. The molecule has 1 aliphatic rings. The van der Waals surface area contributed by atoms with Crippen LogP contribution in [0.1, 0.15) is 42.7 Å². The second-order valence-electron chi connectivity index (χ2n) is 4.53. The van der Waals surface area contributed by atoms with E-state index in [1.54, 1.807) is 0 Å². The summed E-state index contributed by atoms with van der Waals surface area (Å²) in [6, 6.07) is 7.62. The van der Waals surface area contributed by atoms with Crippen molar-refractivity contribution in [3.8, 4) is 0 Å². The normalized spacial score (nSPS) is 20.9. The van der Waals surface area contributed by atoms with Crippen molar-refractivity contribution < 1.29 is 13.9 Å². The van der Waals surface area contributed by atoms with E-state index in [-0.39, 0.29) is 25.4 Å². The highest BCUT2D eigenvalue weighted by atomic mass is 19.3. The minimum Gasteiger partial charge on any atom is -0.392 e. The number of hydrogen-bond acceptors (Lipinski definition) is 1. The van der Waals surface area contributed by atoms with Crippen molar-refractivity contribution in [3.05, 3.63) is 35.4 Å². The molecule has 0 radical (unpaired) electrons. The molecule has 1 aromatic rings. The van der Waals surface area contributed by atoms with Crippen molar-refractivity contribution in [2.75, 3.05) is 0 Å². The highest BCUT2D eigenvalue weighted by Crippen LogP contribution is 2.40. The Hall–Kier alpha value is -0.960. The zero-order chi connectivity index (χ0) is 11.6. The Labute approximate surface area is 94.1 Å². The minimum atomic E-state index is -2.47. The third kappa shape index (κ3) is 2.59. The van der Waals surface area contributed by atoms with Crippen LogP contribution in [-0.4, -0.2) is 11.0 Å². The minimum absolute atomic E-state index is 0.0106. The molecule has 0 spiro atoms. The first-order valence-electron chi connectivity index (χ1n) is 5.68. The Morgan fingerprint density at radius 1 is 1.25 bits per heavy atom. The second kappa shape index (κ2) is 4.50. The van der Waals surface area contributed by atoms with E-state index in [0.717, 1.165) is 11.1 Å². The topological polar surface area (TPSA) is 20.2 Å². The fourth-order valence-corrected chi connectivity index (χ4v) is 2.32. The van der Waals surface area contributed by atoms with E-state index in [9.17, 15) is 8.78 Å². The second-order valence-corrected chi connectivity index (χ2v) is 4.53. The Kier molecular flexibility index (Phi) is 3.24. The molecule has 2 rings (SSSR count). The SMILES string of the molecule is OCc1cccc(C2CCC(F)(F)CC2)c1. The number of rotatable bonds is 2. The van der Waals surface area contributed by atoms with Gasteiger partial charge in [0.2, 0.25) is 5.92 Å². The predicted molar refractivity (Wildman–Crippen MR) is 58.5 cm³/mol. The molecule has 0 aliphatic heterocycles. The van der Waals surface area contributed by atoms with Gasteiger partial charge in [0.25, 0.3) is 0 Å². The van der Waals surface area contributed by atoms with Crippen LogP contribution < -0.4 is 0 Å². The van der Waals surface area contributed by atoms with Crippen molar-refractivity contribution >= 4 is 0 Å². The monoisotopic (exact) mass is 226 g/mol. The van der Waals surface area contributed by atoms with E-state index in [0.29, 0.717) is 12.8 Å². The van der Waals surface area contributed by atoms with E-state index >= 15 is 0 Å². The van der Waals surface area contributed by atoms with Gasteiger partial charge in [-0.2, -0.15) is 0 Å². The van der Waals surface area contributed by atoms with Crippen LogP contribution in [0.2, 0.25) is 0 Å². The van der Waals surface area contributed by atoms with Crippen LogP contribution in [0.25, 0.3) is 0 Å². The summed E-state index contributed by atoms with van der Waals surface area (Å²) in [5.74, 6) is -2.24. The average Bonchev–Trinajstić information content (AvgIpc) is 2.29. The van der Waals surface area contributed by atoms with Gasteiger partial charge >= 0.3 is 0 Å². The summed E-state index contributed by atoms with van der Waals surface area (Å²) in [6.07, 6.45) is 1.06. The quantitative estimate of drug-likeness (QED) is 0.818. The van der Waals surface area contributed by atoms with Gasteiger partial charge in [-0.15, -0.1) is 0 Å². The highest BCUT2D eigenvalue weighted by Gasteiger charge is 2.35. The van der Waals surface area contributed by atoms with Crippen molar-refractivity contribution in [3.63, 3.8) is 0 Å². The molecule has 3 heteroatoms. The predicted octanol–water partition coefficient (Wildman–Crippen LogP) is 3.47. The van der Waals surface area contributed by atoms with Gasteiger partial charge in [0, 0.05) is 12.8 Å². The number of alkyl halides is 2. The Morgan fingerprint density at radius 3 is 2.56 bits per heavy atom. The molecule has 0 heterocycles. The molecule has 0 bridgehead atoms. The van der Waals surface area contributed by atoms with Gasteiger partial charge in [-0.3, -0.25) is 0 Å². The zero-order valence-electron chi connectivity index (χ0n) is 9.13. The van der Waals surface area contributed by atoms with Gasteiger partial charge < -0.3 is 5.11 Å². The Bertz CT molecular complexity index is 353. The van der Waals surface area contributed by atoms with E-state index < -0.39 is 5.92 Å². The first-order valence-corrected chi connectivity index (χ1v) is 5.68. The van der Waals surface area contributed by atoms with Gasteiger partial charge in [0.05, 0.1) is 6.61 Å². The van der Waals surface area contributed by atoms with Crippen LogP contribution in [-0.2, 0) is 6.61 Å². The molecule has 1 aliphatic carbocycles. The molecule has 0 atom stereocenters. The molecule has 1 fully saturated rings. The third-order valence-corrected chi connectivity index (χ3v) is 3.32. The molecule has 1 N–H and O–H groups in total. The first-order chi connectivity index (χ1) is 7.61. The largest absolute Gasteiger partial charge is 0.392 e. The number of aliphatic hydroxyl groups is 1. The zero-order valence-corrected chi connectivity index (χ0v) is 9.13. The molecule has 1 nitrogen and oxygen atoms in total. The van der Waals surface area contributed by atoms with Crippen LogP contribution in [0.4, 0.5) is 8.78 Å². The molecular formula is C13H16F2O. The lowest BCUT2D eigenvalue weighted by molar-refractivity contribution is -0.0382. The maximum Gasteiger partial charge on any atom is 0.248 e. The van der Waals surface area contributed by atoms with Crippen LogP contribution in [0.3, 0.4) is 0 Å². The molecule has 0 saturated heterocycles. The molecule has 88 valence electrons. The fourth-order valence-electron chi connectivity index (χ4n) is 2.32. The Balaban J connectivity index is 2.08. The smallest absolute Gasteiger partial charge is 0.248 e. The van der Waals surface area contributed by atoms with Gasteiger partial charge in [0.1, 0.15) is 0 Å². The van der Waals surface area contributed by atoms with Crippen molar-refractivity contribution in [2.24, 2.45) is 0 Å². The van der Waals surface area contributed by atoms with Gasteiger partial charge in [0.15, 0.2) is 0 Å². The van der Waals surface area contributed by atoms with E-state index in [1.807, 2.05) is 24.3 Å². The van der Waals surface area contributed by atoms with Crippen molar-refractivity contribution in [1.29, 1.82) is 0 Å². The molecule has 16 heavy (non-hydrogen) atoms. The van der Waals surface area contributed by atoms with E-state index in [4.69, 9.17) is 5.11 Å². The summed E-state index contributed by atoms with van der Waals surface area (Å²) in [7, 11) is 0. The standard InChI is InChI=1S/C13H16F2O/c14-13(15)6-4-11(5-7-13)12-3-1-2-10(8-12)9-16/h1-3,8,11,16H,4-7,9H2.